The van der Waals surface area contributed by atoms with Gasteiger partial charge in [-0.05, 0) is 20.8 Å². The summed E-state index contributed by atoms with van der Waals surface area (Å²) in [6, 6.07) is 1.70. The second-order valence-corrected chi connectivity index (χ2v) is 2.55. The lowest BCUT2D eigenvalue weighted by Gasteiger charge is -2.06. The van der Waals surface area contributed by atoms with E-state index in [1.165, 1.54) is 0 Å². The summed E-state index contributed by atoms with van der Waals surface area (Å²) >= 11 is 0. The Bertz CT molecular complexity index is 238. The Kier molecular flexibility index (Phi) is 5.37. The van der Waals surface area contributed by atoms with Crippen molar-refractivity contribution in [2.24, 2.45) is 0 Å². The van der Waals surface area contributed by atoms with Crippen LogP contribution in [0.2, 0.25) is 0 Å². The molecule has 72 valence electrons. The first-order valence-corrected chi connectivity index (χ1v) is 4.04. The van der Waals surface area contributed by atoms with Crippen LogP contribution >= 0.6 is 0 Å². The zero-order valence-electron chi connectivity index (χ0n) is 8.03. The maximum atomic E-state index is 11.1. The third kappa shape index (κ3) is 4.86. The van der Waals surface area contributed by atoms with Crippen molar-refractivity contribution in [3.05, 3.63) is 11.8 Å². The molecular formula is C9H13NO3. The van der Waals surface area contributed by atoms with Crippen molar-refractivity contribution >= 4 is 5.97 Å². The van der Waals surface area contributed by atoms with E-state index in [2.05, 4.69) is 0 Å². The van der Waals surface area contributed by atoms with Crippen LogP contribution in [0.3, 0.4) is 0 Å². The molecule has 0 aliphatic carbocycles. The molecule has 4 heteroatoms. The summed E-state index contributed by atoms with van der Waals surface area (Å²) < 4.78 is 9.59. The monoisotopic (exact) mass is 183 g/mol. The van der Waals surface area contributed by atoms with Crippen LogP contribution in [-0.4, -0.2) is 18.7 Å². The van der Waals surface area contributed by atoms with Crippen LogP contribution in [0.5, 0.6) is 0 Å². The molecule has 0 bridgehead atoms. The van der Waals surface area contributed by atoms with Crippen LogP contribution in [0.15, 0.2) is 11.8 Å². The van der Waals surface area contributed by atoms with Gasteiger partial charge in [-0.3, -0.25) is 0 Å². The summed E-state index contributed by atoms with van der Waals surface area (Å²) in [4.78, 5) is 11.1. The second-order valence-electron chi connectivity index (χ2n) is 2.55. The predicted octanol–water partition coefficient (Wildman–Crippen LogP) is 1.38. The largest absolute Gasteiger partial charge is 0.500 e. The number of hydrogen-bond acceptors (Lipinski definition) is 4. The Morgan fingerprint density at radius 3 is 2.62 bits per heavy atom. The third-order valence-electron chi connectivity index (χ3n) is 1.05. The first kappa shape index (κ1) is 11.5. The highest BCUT2D eigenvalue weighted by atomic mass is 16.5. The van der Waals surface area contributed by atoms with E-state index in [0.29, 0.717) is 6.61 Å². The normalized spacial score (nSPS) is 10.8. The Morgan fingerprint density at radius 1 is 1.62 bits per heavy atom. The molecule has 0 aliphatic rings. The van der Waals surface area contributed by atoms with Gasteiger partial charge in [-0.2, -0.15) is 5.26 Å². The maximum Gasteiger partial charge on any atom is 0.352 e. The van der Waals surface area contributed by atoms with Gasteiger partial charge >= 0.3 is 5.97 Å². The molecule has 0 spiro atoms. The van der Waals surface area contributed by atoms with E-state index >= 15 is 0 Å². The third-order valence-corrected chi connectivity index (χ3v) is 1.05. The molecule has 0 amide bonds. The van der Waals surface area contributed by atoms with Gasteiger partial charge in [-0.1, -0.05) is 0 Å². The first-order valence-electron chi connectivity index (χ1n) is 4.04. The van der Waals surface area contributed by atoms with Crippen molar-refractivity contribution in [3.63, 3.8) is 0 Å². The molecule has 0 unspecified atom stereocenters. The van der Waals surface area contributed by atoms with Crippen LogP contribution < -0.4 is 0 Å². The van der Waals surface area contributed by atoms with Crippen molar-refractivity contribution in [2.75, 3.05) is 6.61 Å². The van der Waals surface area contributed by atoms with E-state index in [1.54, 1.807) is 26.8 Å². The van der Waals surface area contributed by atoms with E-state index < -0.39 is 5.97 Å². The van der Waals surface area contributed by atoms with E-state index in [1.807, 2.05) is 0 Å². The van der Waals surface area contributed by atoms with Crippen LogP contribution in [-0.2, 0) is 14.3 Å². The van der Waals surface area contributed by atoms with Gasteiger partial charge in [0.15, 0.2) is 5.57 Å². The molecule has 0 saturated heterocycles. The highest BCUT2D eigenvalue weighted by Crippen LogP contribution is 2.00. The topological polar surface area (TPSA) is 59.3 Å². The molecule has 0 fully saturated rings. The molecular weight excluding hydrogens is 170 g/mol. The molecule has 0 saturated carbocycles. The summed E-state index contributed by atoms with van der Waals surface area (Å²) in [6.07, 6.45) is 0.885. The van der Waals surface area contributed by atoms with Crippen LogP contribution in [0.4, 0.5) is 0 Å². The van der Waals surface area contributed by atoms with Gasteiger partial charge in [0.25, 0.3) is 0 Å². The lowest BCUT2D eigenvalue weighted by atomic mass is 10.3. The molecule has 13 heavy (non-hydrogen) atoms. The molecule has 0 radical (unpaired) electrons. The minimum absolute atomic E-state index is 0.115. The smallest absolute Gasteiger partial charge is 0.352 e. The van der Waals surface area contributed by atoms with E-state index in [9.17, 15) is 4.79 Å². The quantitative estimate of drug-likeness (QED) is 0.286. The summed E-state index contributed by atoms with van der Waals surface area (Å²) in [5.74, 6) is -0.647. The van der Waals surface area contributed by atoms with Gasteiger partial charge in [0.1, 0.15) is 12.3 Å². The summed E-state index contributed by atoms with van der Waals surface area (Å²) in [5.41, 5.74) is -0.115. The first-order chi connectivity index (χ1) is 6.11. The average molecular weight is 183 g/mol. The highest BCUT2D eigenvalue weighted by Gasteiger charge is 2.12. The zero-order valence-corrected chi connectivity index (χ0v) is 8.03. The Balaban J connectivity index is 4.26. The lowest BCUT2D eigenvalue weighted by molar-refractivity contribution is -0.142. The Morgan fingerprint density at radius 2 is 2.23 bits per heavy atom. The van der Waals surface area contributed by atoms with Crippen molar-refractivity contribution < 1.29 is 14.3 Å². The Hall–Kier alpha value is -1.50. The van der Waals surface area contributed by atoms with Crippen molar-refractivity contribution in [3.8, 4) is 6.07 Å². The number of ether oxygens (including phenoxy) is 2. The van der Waals surface area contributed by atoms with Gasteiger partial charge in [0, 0.05) is 0 Å². The number of carbonyl (C=O) groups is 1. The molecule has 0 aromatic rings. The highest BCUT2D eigenvalue weighted by molar-refractivity contribution is 5.92. The van der Waals surface area contributed by atoms with E-state index in [0.717, 1.165) is 6.26 Å². The van der Waals surface area contributed by atoms with Gasteiger partial charge in [0.05, 0.1) is 12.7 Å². The SMILES string of the molecule is CCOC=C(C#N)C(=O)OC(C)C. The standard InChI is InChI=1S/C9H13NO3/c1-4-12-6-8(5-10)9(11)13-7(2)3/h6-7H,4H2,1-3H3. The van der Waals surface area contributed by atoms with Crippen LogP contribution in [0.25, 0.3) is 0 Å². The van der Waals surface area contributed by atoms with E-state index in [4.69, 9.17) is 14.7 Å². The molecule has 0 aromatic heterocycles. The van der Waals surface area contributed by atoms with Crippen molar-refractivity contribution in [1.29, 1.82) is 5.26 Å². The van der Waals surface area contributed by atoms with Crippen LogP contribution in [0.1, 0.15) is 20.8 Å². The fourth-order valence-electron chi connectivity index (χ4n) is 0.564. The number of nitriles is 1. The van der Waals surface area contributed by atoms with Gasteiger partial charge in [-0.15, -0.1) is 0 Å². The van der Waals surface area contributed by atoms with Crippen LogP contribution in [0, 0.1) is 11.3 Å². The van der Waals surface area contributed by atoms with Gasteiger partial charge in [-0.25, -0.2) is 4.79 Å². The number of rotatable bonds is 4. The number of nitrogens with zero attached hydrogens (tertiary/aromatic N) is 1. The number of esters is 1. The predicted molar refractivity (Wildman–Crippen MR) is 46.6 cm³/mol. The fourth-order valence-corrected chi connectivity index (χ4v) is 0.564. The molecule has 0 aromatic carbocycles. The summed E-state index contributed by atoms with van der Waals surface area (Å²) in [5, 5.41) is 8.54. The molecule has 0 atom stereocenters. The fraction of sp³-hybridized carbons (Fsp3) is 0.556. The summed E-state index contributed by atoms with van der Waals surface area (Å²) in [7, 11) is 0. The number of hydrogen-bond donors (Lipinski definition) is 0. The van der Waals surface area contributed by atoms with Gasteiger partial charge < -0.3 is 9.47 Å². The molecule has 0 rings (SSSR count). The van der Waals surface area contributed by atoms with Crippen molar-refractivity contribution in [2.45, 2.75) is 26.9 Å². The molecule has 0 heterocycles. The minimum atomic E-state index is -0.647. The molecule has 0 N–H and O–H groups in total. The van der Waals surface area contributed by atoms with Gasteiger partial charge in [0.2, 0.25) is 0 Å². The summed E-state index contributed by atoms with van der Waals surface area (Å²) in [6.45, 7) is 5.61. The molecule has 4 nitrogen and oxygen atoms in total. The maximum absolute atomic E-state index is 11.1. The number of carbonyl (C=O) groups excluding carboxylic acids is 1. The molecule has 0 aliphatic heterocycles. The van der Waals surface area contributed by atoms with E-state index in [-0.39, 0.29) is 11.7 Å². The minimum Gasteiger partial charge on any atom is -0.500 e. The average Bonchev–Trinajstić information content (AvgIpc) is 2.04. The van der Waals surface area contributed by atoms with Crippen molar-refractivity contribution in [1.82, 2.24) is 0 Å². The second kappa shape index (κ2) is 6.06. The lowest BCUT2D eigenvalue weighted by Crippen LogP contribution is -2.13. The Labute approximate surface area is 77.8 Å². The zero-order chi connectivity index (χ0) is 10.3.